The fourth-order valence-electron chi connectivity index (χ4n) is 2.50. The van der Waals surface area contributed by atoms with Crippen molar-refractivity contribution in [2.45, 2.75) is 25.9 Å². The van der Waals surface area contributed by atoms with E-state index in [1.54, 1.807) is 23.0 Å². The van der Waals surface area contributed by atoms with E-state index in [1.165, 1.54) is 17.3 Å². The number of thiophene rings is 1. The van der Waals surface area contributed by atoms with Crippen LogP contribution in [0.15, 0.2) is 34.2 Å². The van der Waals surface area contributed by atoms with E-state index in [0.29, 0.717) is 10.5 Å². The lowest BCUT2D eigenvalue weighted by Crippen LogP contribution is -2.27. The van der Waals surface area contributed by atoms with E-state index in [4.69, 9.17) is 0 Å². The minimum absolute atomic E-state index is 0.0461. The first-order valence-electron chi connectivity index (χ1n) is 7.87. The molecule has 0 radical (unpaired) electrons. The fraction of sp³-hybridized carbons (Fsp3) is 0.278. The third kappa shape index (κ3) is 3.77. The molecule has 3 aromatic rings. The lowest BCUT2D eigenvalue weighted by atomic mass is 10.1. The Morgan fingerprint density at radius 2 is 2.00 bits per heavy atom. The molecule has 0 unspecified atom stereocenters. The van der Waals surface area contributed by atoms with Crippen LogP contribution in [0.5, 0.6) is 0 Å². The molecule has 0 bridgehead atoms. The average Bonchev–Trinajstić information content (AvgIpc) is 2.94. The zero-order valence-electron chi connectivity index (χ0n) is 14.6. The van der Waals surface area contributed by atoms with E-state index in [2.05, 4.69) is 10.3 Å². The number of anilines is 1. The first-order valence-corrected chi connectivity index (χ1v) is 9.67. The number of benzene rings is 1. The van der Waals surface area contributed by atoms with Crippen molar-refractivity contribution in [2.75, 3.05) is 11.1 Å². The minimum Gasteiger partial charge on any atom is -0.325 e. The quantitative estimate of drug-likeness (QED) is 0.564. The Labute approximate surface area is 154 Å². The largest absolute Gasteiger partial charge is 0.346 e. The van der Waals surface area contributed by atoms with E-state index in [1.807, 2.05) is 45.0 Å². The second-order valence-electron chi connectivity index (χ2n) is 6.03. The first-order chi connectivity index (χ1) is 11.8. The van der Waals surface area contributed by atoms with Gasteiger partial charge in [-0.2, -0.15) is 4.57 Å². The van der Waals surface area contributed by atoms with Crippen molar-refractivity contribution in [1.82, 2.24) is 4.57 Å². The van der Waals surface area contributed by atoms with Crippen molar-refractivity contribution < 1.29 is 9.78 Å². The third-order valence-corrected chi connectivity index (χ3v) is 6.07. The number of nitrogens with zero attached hydrogens (tertiary/aromatic N) is 1. The molecule has 2 N–H and O–H groups in total. The van der Waals surface area contributed by atoms with E-state index in [-0.39, 0.29) is 17.2 Å². The van der Waals surface area contributed by atoms with Crippen molar-refractivity contribution in [1.29, 1.82) is 0 Å². The molecule has 0 saturated heterocycles. The number of carbonyl (C=O) groups is 1. The summed E-state index contributed by atoms with van der Waals surface area (Å²) in [5.74, 6) is 0.128. The van der Waals surface area contributed by atoms with Gasteiger partial charge in [-0.05, 0) is 61.9 Å². The van der Waals surface area contributed by atoms with E-state index in [9.17, 15) is 9.59 Å². The van der Waals surface area contributed by atoms with Crippen molar-refractivity contribution in [3.05, 3.63) is 50.6 Å². The monoisotopic (exact) mass is 374 g/mol. The Hall–Kier alpha value is -2.12. The molecule has 0 saturated carbocycles. The number of carbonyl (C=O) groups excluding carboxylic acids is 1. The van der Waals surface area contributed by atoms with Crippen LogP contribution in [0.25, 0.3) is 10.2 Å². The number of aromatic amines is 1. The molecule has 0 aliphatic heterocycles. The van der Waals surface area contributed by atoms with Crippen LogP contribution in [0.4, 0.5) is 5.69 Å². The Bertz CT molecular complexity index is 1020. The van der Waals surface area contributed by atoms with Crippen LogP contribution < -0.4 is 15.9 Å². The van der Waals surface area contributed by atoms with Gasteiger partial charge in [0.1, 0.15) is 5.39 Å². The molecule has 1 amide bonds. The molecule has 0 fully saturated rings. The normalized spacial score (nSPS) is 11.0. The molecular weight excluding hydrogens is 354 g/mol. The van der Waals surface area contributed by atoms with Crippen LogP contribution in [0.1, 0.15) is 16.0 Å². The topological polar surface area (TPSA) is 65.2 Å². The summed E-state index contributed by atoms with van der Waals surface area (Å²) < 4.78 is 1.56. The molecule has 1 aromatic carbocycles. The summed E-state index contributed by atoms with van der Waals surface area (Å²) in [4.78, 5) is 29.8. The molecule has 0 spiro atoms. The van der Waals surface area contributed by atoms with Crippen molar-refractivity contribution in [3.8, 4) is 0 Å². The van der Waals surface area contributed by atoms with Gasteiger partial charge in [0.15, 0.2) is 4.83 Å². The Balaban J connectivity index is 1.73. The van der Waals surface area contributed by atoms with Crippen LogP contribution >= 0.6 is 23.1 Å². The highest BCUT2D eigenvalue weighted by molar-refractivity contribution is 7.99. The maximum absolute atomic E-state index is 12.4. The summed E-state index contributed by atoms with van der Waals surface area (Å²) in [6.07, 6.45) is 0. The van der Waals surface area contributed by atoms with Gasteiger partial charge in [0.05, 0.1) is 12.8 Å². The molecule has 2 aromatic heterocycles. The maximum Gasteiger partial charge on any atom is 0.346 e. The van der Waals surface area contributed by atoms with Gasteiger partial charge in [-0.25, -0.2) is 9.78 Å². The van der Waals surface area contributed by atoms with Gasteiger partial charge in [-0.15, -0.1) is 0 Å². The van der Waals surface area contributed by atoms with Crippen molar-refractivity contribution in [3.63, 3.8) is 0 Å². The van der Waals surface area contributed by atoms with Gasteiger partial charge < -0.3 is 5.32 Å². The third-order valence-electron chi connectivity index (χ3n) is 4.05. The number of aromatic nitrogens is 2. The molecule has 0 aliphatic rings. The van der Waals surface area contributed by atoms with E-state index < -0.39 is 0 Å². The number of fused-ring (bicyclic) bond motifs is 1. The summed E-state index contributed by atoms with van der Waals surface area (Å²) in [5.41, 5.74) is 3.07. The SMILES string of the molecule is Cc1cc2c(=O)n(C)c(SCC(=O)Nc3ccc(C)c(C)c3)[nH+]c2s1. The lowest BCUT2D eigenvalue weighted by Gasteiger charge is -2.07. The second-order valence-corrected chi connectivity index (χ2v) is 8.25. The van der Waals surface area contributed by atoms with Gasteiger partial charge in [0, 0.05) is 10.6 Å². The zero-order valence-corrected chi connectivity index (χ0v) is 16.2. The number of hydrogen-bond donors (Lipinski definition) is 1. The highest BCUT2D eigenvalue weighted by Gasteiger charge is 2.18. The molecule has 25 heavy (non-hydrogen) atoms. The zero-order chi connectivity index (χ0) is 18.1. The Kier molecular flexibility index (Phi) is 4.96. The summed E-state index contributed by atoms with van der Waals surface area (Å²) in [7, 11) is 1.72. The summed E-state index contributed by atoms with van der Waals surface area (Å²) in [5, 5.41) is 4.26. The minimum atomic E-state index is -0.100. The number of thioether (sulfide) groups is 1. The maximum atomic E-state index is 12.4. The molecule has 0 aliphatic carbocycles. The van der Waals surface area contributed by atoms with Gasteiger partial charge in [0.25, 0.3) is 0 Å². The molecule has 5 nitrogen and oxygen atoms in total. The molecule has 130 valence electrons. The summed E-state index contributed by atoms with van der Waals surface area (Å²) in [6.45, 7) is 6.03. The molecular formula is C18H20N3O2S2+. The molecule has 7 heteroatoms. The molecule has 3 rings (SSSR count). The standard InChI is InChI=1S/C18H19N3O2S2/c1-10-5-6-13(7-11(10)2)19-15(22)9-24-18-20-16-14(8-12(3)25-16)17(23)21(18)4/h5-8H,9H2,1-4H3,(H,19,22)/p+1. The van der Waals surface area contributed by atoms with Crippen LogP contribution in [0.3, 0.4) is 0 Å². The van der Waals surface area contributed by atoms with Gasteiger partial charge >= 0.3 is 10.7 Å². The fourth-order valence-corrected chi connectivity index (χ4v) is 4.26. The number of rotatable bonds is 4. The van der Waals surface area contributed by atoms with Crippen molar-refractivity contribution in [2.24, 2.45) is 7.05 Å². The number of aryl methyl sites for hydroxylation is 3. The predicted molar refractivity (Wildman–Crippen MR) is 104 cm³/mol. The van der Waals surface area contributed by atoms with Gasteiger partial charge in [-0.3, -0.25) is 4.79 Å². The number of H-pyrrole nitrogens is 1. The molecule has 2 heterocycles. The lowest BCUT2D eigenvalue weighted by molar-refractivity contribution is -0.404. The average molecular weight is 375 g/mol. The smallest absolute Gasteiger partial charge is 0.325 e. The van der Waals surface area contributed by atoms with E-state index >= 15 is 0 Å². The predicted octanol–water partition coefficient (Wildman–Crippen LogP) is 3.07. The van der Waals surface area contributed by atoms with Gasteiger partial charge in [-0.1, -0.05) is 17.4 Å². The number of hydrogen-bond acceptors (Lipinski definition) is 4. The van der Waals surface area contributed by atoms with E-state index in [0.717, 1.165) is 21.0 Å². The highest BCUT2D eigenvalue weighted by Crippen LogP contribution is 2.21. The van der Waals surface area contributed by atoms with Crippen LogP contribution in [-0.2, 0) is 11.8 Å². The number of amides is 1. The van der Waals surface area contributed by atoms with Crippen LogP contribution in [-0.4, -0.2) is 16.2 Å². The van der Waals surface area contributed by atoms with Gasteiger partial charge in [0.2, 0.25) is 5.91 Å². The highest BCUT2D eigenvalue weighted by atomic mass is 32.2. The number of nitrogens with one attached hydrogen (secondary N) is 2. The van der Waals surface area contributed by atoms with Crippen molar-refractivity contribution >= 4 is 44.9 Å². The second kappa shape index (κ2) is 7.01. The van der Waals surface area contributed by atoms with Crippen LogP contribution in [0, 0.1) is 20.8 Å². The van der Waals surface area contributed by atoms with Crippen LogP contribution in [0.2, 0.25) is 0 Å². The Morgan fingerprint density at radius 1 is 1.24 bits per heavy atom. The summed E-state index contributed by atoms with van der Waals surface area (Å²) >= 11 is 2.87. The Morgan fingerprint density at radius 3 is 2.72 bits per heavy atom. The molecule has 0 atom stereocenters. The first kappa shape index (κ1) is 17.7. The summed E-state index contributed by atoms with van der Waals surface area (Å²) in [6, 6.07) is 7.73.